The molecule has 4 nitrogen and oxygen atoms in total. The second-order valence-corrected chi connectivity index (χ2v) is 5.71. The van der Waals surface area contributed by atoms with Gasteiger partial charge in [0.05, 0.1) is 17.9 Å². The van der Waals surface area contributed by atoms with Gasteiger partial charge in [0.15, 0.2) is 0 Å². The van der Waals surface area contributed by atoms with Gasteiger partial charge in [-0.25, -0.2) is 4.39 Å². The zero-order chi connectivity index (χ0) is 17.3. The van der Waals surface area contributed by atoms with Gasteiger partial charge in [0.2, 0.25) is 0 Å². The van der Waals surface area contributed by atoms with Gasteiger partial charge >= 0.3 is 5.97 Å². The van der Waals surface area contributed by atoms with Crippen molar-refractivity contribution in [3.05, 3.63) is 77.2 Å². The molecule has 0 amide bonds. The average molecular weight is 324 g/mol. The highest BCUT2D eigenvalue weighted by Crippen LogP contribution is 2.31. The number of benzene rings is 2. The zero-order valence-corrected chi connectivity index (χ0v) is 13.3. The number of carboxylic acids is 1. The topological polar surface area (TPSA) is 52.9 Å². The van der Waals surface area contributed by atoms with Gasteiger partial charge < -0.3 is 10.0 Å². The molecule has 1 aliphatic heterocycles. The lowest BCUT2D eigenvalue weighted by Crippen LogP contribution is -2.29. The highest BCUT2D eigenvalue weighted by molar-refractivity contribution is 6.17. The molecule has 2 aromatic carbocycles. The molecule has 0 bridgehead atoms. The Hall–Kier alpha value is -2.95. The summed E-state index contributed by atoms with van der Waals surface area (Å²) >= 11 is 0. The van der Waals surface area contributed by atoms with E-state index in [9.17, 15) is 14.3 Å². The molecule has 122 valence electrons. The van der Waals surface area contributed by atoms with Crippen LogP contribution in [0, 0.1) is 12.7 Å². The molecule has 0 atom stereocenters. The van der Waals surface area contributed by atoms with Crippen molar-refractivity contribution in [1.82, 2.24) is 0 Å². The van der Waals surface area contributed by atoms with Crippen molar-refractivity contribution >= 4 is 17.4 Å². The molecule has 1 N–H and O–H groups in total. The van der Waals surface area contributed by atoms with Crippen molar-refractivity contribution in [2.45, 2.75) is 6.92 Å². The second kappa shape index (κ2) is 6.28. The molecule has 1 aliphatic rings. The summed E-state index contributed by atoms with van der Waals surface area (Å²) in [6, 6.07) is 12.1. The third-order valence-electron chi connectivity index (χ3n) is 3.92. The Labute approximate surface area is 139 Å². The molecule has 1 heterocycles. The third-order valence-corrected chi connectivity index (χ3v) is 3.92. The highest BCUT2D eigenvalue weighted by atomic mass is 19.1. The highest BCUT2D eigenvalue weighted by Gasteiger charge is 2.24. The number of carbonyl (C=O) groups is 1. The number of carboxylic acid groups (broad SMARTS) is 1. The first-order valence-corrected chi connectivity index (χ1v) is 7.55. The van der Waals surface area contributed by atoms with E-state index in [-0.39, 0.29) is 18.9 Å². The summed E-state index contributed by atoms with van der Waals surface area (Å²) in [7, 11) is 0. The van der Waals surface area contributed by atoms with Gasteiger partial charge in [0.1, 0.15) is 12.4 Å². The van der Waals surface area contributed by atoms with Crippen molar-refractivity contribution in [3.63, 3.8) is 0 Å². The third kappa shape index (κ3) is 2.93. The second-order valence-electron chi connectivity index (χ2n) is 5.71. The number of nitrogens with zero attached hydrogens (tertiary/aromatic N) is 2. The molecule has 0 radical (unpaired) electrons. The van der Waals surface area contributed by atoms with Crippen molar-refractivity contribution in [2.75, 3.05) is 18.0 Å². The van der Waals surface area contributed by atoms with E-state index in [1.165, 1.54) is 6.07 Å². The molecule has 3 rings (SSSR count). The molecule has 0 fully saturated rings. The van der Waals surface area contributed by atoms with Crippen molar-refractivity contribution in [1.29, 1.82) is 0 Å². The van der Waals surface area contributed by atoms with E-state index in [1.807, 2.05) is 25.1 Å². The van der Waals surface area contributed by atoms with Crippen LogP contribution in [0.3, 0.4) is 0 Å². The summed E-state index contributed by atoms with van der Waals surface area (Å²) in [4.78, 5) is 17.4. The van der Waals surface area contributed by atoms with Crippen LogP contribution in [0.1, 0.15) is 16.7 Å². The van der Waals surface area contributed by atoms with Gasteiger partial charge in [-0.15, -0.1) is 0 Å². The summed E-state index contributed by atoms with van der Waals surface area (Å²) in [5, 5.41) is 9.20. The first-order valence-electron chi connectivity index (χ1n) is 7.55. The minimum absolute atomic E-state index is 0.213. The fraction of sp³-hybridized carbons (Fsp3) is 0.158. The Morgan fingerprint density at radius 2 is 2.04 bits per heavy atom. The zero-order valence-electron chi connectivity index (χ0n) is 13.3. The molecule has 0 saturated carbocycles. The fourth-order valence-electron chi connectivity index (χ4n) is 2.80. The van der Waals surface area contributed by atoms with E-state index in [2.05, 4.69) is 11.6 Å². The first-order chi connectivity index (χ1) is 11.5. The maximum absolute atomic E-state index is 14.3. The number of hydrogen-bond donors (Lipinski definition) is 1. The van der Waals surface area contributed by atoms with Crippen LogP contribution >= 0.6 is 0 Å². The van der Waals surface area contributed by atoms with Crippen LogP contribution in [0.25, 0.3) is 0 Å². The SMILES string of the molecule is C=C1CN=C(c2ccccc2F)c2cc(C)ccc2N1CC(=O)O. The number of fused-ring (bicyclic) bond motifs is 1. The van der Waals surface area contributed by atoms with Crippen LogP contribution in [0.5, 0.6) is 0 Å². The molecule has 0 saturated heterocycles. The van der Waals surface area contributed by atoms with Crippen molar-refractivity contribution in [3.8, 4) is 0 Å². The van der Waals surface area contributed by atoms with Crippen molar-refractivity contribution < 1.29 is 14.3 Å². The summed E-state index contributed by atoms with van der Waals surface area (Å²) in [5.74, 6) is -1.32. The molecule has 0 aromatic heterocycles. The van der Waals surface area contributed by atoms with E-state index in [1.54, 1.807) is 23.1 Å². The molecule has 0 unspecified atom stereocenters. The van der Waals surface area contributed by atoms with Gasteiger partial charge in [0.25, 0.3) is 0 Å². The normalized spacial score (nSPS) is 14.0. The Kier molecular flexibility index (Phi) is 4.16. The Balaban J connectivity index is 2.21. The molecule has 0 spiro atoms. The largest absolute Gasteiger partial charge is 0.480 e. The van der Waals surface area contributed by atoms with E-state index in [4.69, 9.17) is 0 Å². The van der Waals surface area contributed by atoms with Gasteiger partial charge in [-0.05, 0) is 31.2 Å². The minimum atomic E-state index is -0.961. The summed E-state index contributed by atoms with van der Waals surface area (Å²) in [6.07, 6.45) is 0. The lowest BCUT2D eigenvalue weighted by atomic mass is 9.98. The van der Waals surface area contributed by atoms with Gasteiger partial charge in [-0.2, -0.15) is 0 Å². The van der Waals surface area contributed by atoms with E-state index in [0.29, 0.717) is 28.2 Å². The molecule has 2 aromatic rings. The minimum Gasteiger partial charge on any atom is -0.480 e. The Morgan fingerprint density at radius 1 is 1.29 bits per heavy atom. The summed E-state index contributed by atoms with van der Waals surface area (Å²) < 4.78 is 14.3. The molecule has 0 aliphatic carbocycles. The number of benzodiazepines with no additional fused rings is 1. The molecule has 24 heavy (non-hydrogen) atoms. The maximum atomic E-state index is 14.3. The fourth-order valence-corrected chi connectivity index (χ4v) is 2.80. The van der Waals surface area contributed by atoms with E-state index in [0.717, 1.165) is 5.56 Å². The van der Waals surface area contributed by atoms with Crippen LogP contribution in [0.15, 0.2) is 59.7 Å². The summed E-state index contributed by atoms with van der Waals surface area (Å²) in [5.41, 5.74) is 3.84. The standard InChI is InChI=1S/C19H17FN2O2/c1-12-7-8-17-15(9-12)19(14-5-3-4-6-16(14)20)21-10-13(2)22(17)11-18(23)24/h3-9H,2,10-11H2,1H3,(H,23,24). The van der Waals surface area contributed by atoms with Gasteiger partial charge in [-0.1, -0.05) is 30.3 Å². The quantitative estimate of drug-likeness (QED) is 0.941. The monoisotopic (exact) mass is 324 g/mol. The average Bonchev–Trinajstić information content (AvgIpc) is 2.66. The van der Waals surface area contributed by atoms with Crippen LogP contribution < -0.4 is 4.90 Å². The number of rotatable bonds is 3. The van der Waals surface area contributed by atoms with Crippen LogP contribution in [0.4, 0.5) is 10.1 Å². The van der Waals surface area contributed by atoms with E-state index >= 15 is 0 Å². The van der Waals surface area contributed by atoms with E-state index < -0.39 is 5.97 Å². The maximum Gasteiger partial charge on any atom is 0.323 e. The van der Waals surface area contributed by atoms with Crippen LogP contribution in [-0.2, 0) is 4.79 Å². The summed E-state index contributed by atoms with van der Waals surface area (Å²) in [6.45, 7) is 5.87. The first kappa shape index (κ1) is 15.9. The molecule has 5 heteroatoms. The molecular weight excluding hydrogens is 307 g/mol. The molecular formula is C19H17FN2O2. The number of aryl methyl sites for hydroxylation is 1. The predicted molar refractivity (Wildman–Crippen MR) is 92.2 cm³/mol. The number of halogens is 1. The number of anilines is 1. The Bertz CT molecular complexity index is 858. The number of hydrogen-bond acceptors (Lipinski definition) is 3. The van der Waals surface area contributed by atoms with Crippen LogP contribution in [-0.4, -0.2) is 29.9 Å². The van der Waals surface area contributed by atoms with Gasteiger partial charge in [-0.3, -0.25) is 9.79 Å². The van der Waals surface area contributed by atoms with Crippen LogP contribution in [0.2, 0.25) is 0 Å². The predicted octanol–water partition coefficient (Wildman–Crippen LogP) is 3.39. The van der Waals surface area contributed by atoms with Crippen molar-refractivity contribution in [2.24, 2.45) is 4.99 Å². The lowest BCUT2D eigenvalue weighted by molar-refractivity contribution is -0.135. The smallest absolute Gasteiger partial charge is 0.323 e. The lowest BCUT2D eigenvalue weighted by Gasteiger charge is -2.24. The number of aliphatic imine (C=N–C) groups is 1. The Morgan fingerprint density at radius 3 is 2.75 bits per heavy atom. The van der Waals surface area contributed by atoms with Gasteiger partial charge in [0, 0.05) is 16.8 Å². The number of aliphatic carboxylic acids is 1.